The van der Waals surface area contributed by atoms with E-state index in [-0.39, 0.29) is 0 Å². The summed E-state index contributed by atoms with van der Waals surface area (Å²) in [5.41, 5.74) is 4.21. The van der Waals surface area contributed by atoms with Crippen molar-refractivity contribution in [2.45, 2.75) is 32.2 Å². The minimum absolute atomic E-state index is 0.523. The van der Waals surface area contributed by atoms with Crippen LogP contribution in [0.2, 0.25) is 0 Å². The molecule has 0 aliphatic carbocycles. The smallest absolute Gasteiger partial charge is 0.0494 e. The quantitative estimate of drug-likeness (QED) is 0.840. The van der Waals surface area contributed by atoms with Crippen molar-refractivity contribution in [3.8, 4) is 0 Å². The van der Waals surface area contributed by atoms with Crippen molar-refractivity contribution in [3.05, 3.63) is 33.9 Å². The fraction of sp³-hybridized carbons (Fsp3) is 0.467. The molecule has 1 saturated heterocycles. The van der Waals surface area contributed by atoms with E-state index in [4.69, 9.17) is 0 Å². The lowest BCUT2D eigenvalue weighted by Crippen LogP contribution is -2.28. The van der Waals surface area contributed by atoms with Crippen molar-refractivity contribution in [2.24, 2.45) is 7.05 Å². The van der Waals surface area contributed by atoms with E-state index in [1.807, 2.05) is 0 Å². The van der Waals surface area contributed by atoms with Crippen LogP contribution in [0.5, 0.6) is 0 Å². The van der Waals surface area contributed by atoms with Crippen molar-refractivity contribution in [1.82, 2.24) is 9.88 Å². The average Bonchev–Trinajstić information content (AvgIpc) is 2.63. The molecule has 1 N–H and O–H groups in total. The minimum atomic E-state index is 0.523. The molecule has 2 nitrogen and oxygen atoms in total. The summed E-state index contributed by atoms with van der Waals surface area (Å²) in [6.45, 7) is 3.40. The van der Waals surface area contributed by atoms with Crippen LogP contribution in [0.15, 0.2) is 22.7 Å². The van der Waals surface area contributed by atoms with Gasteiger partial charge in [0.1, 0.15) is 0 Å². The number of hydrogen-bond acceptors (Lipinski definition) is 1. The van der Waals surface area contributed by atoms with E-state index in [2.05, 4.69) is 58.0 Å². The number of halogens is 1. The summed E-state index contributed by atoms with van der Waals surface area (Å²) in [5.74, 6) is 0. The number of nitrogens with one attached hydrogen (secondary N) is 1. The van der Waals surface area contributed by atoms with E-state index in [1.165, 1.54) is 41.4 Å². The summed E-state index contributed by atoms with van der Waals surface area (Å²) in [5, 5.41) is 5.04. The molecule has 18 heavy (non-hydrogen) atoms. The SMILES string of the molecule is Cc1c(C2CCCCN2)n(C)c2cc(Br)ccc12. The van der Waals surface area contributed by atoms with Gasteiger partial charge < -0.3 is 9.88 Å². The fourth-order valence-corrected chi connectivity index (χ4v) is 3.55. The molecule has 2 aromatic rings. The van der Waals surface area contributed by atoms with Gasteiger partial charge in [-0.3, -0.25) is 0 Å². The summed E-state index contributed by atoms with van der Waals surface area (Å²) in [7, 11) is 2.19. The van der Waals surface area contributed by atoms with Crippen LogP contribution in [0.4, 0.5) is 0 Å². The monoisotopic (exact) mass is 306 g/mol. The van der Waals surface area contributed by atoms with E-state index in [0.717, 1.165) is 11.0 Å². The number of nitrogens with zero attached hydrogens (tertiary/aromatic N) is 1. The Hall–Kier alpha value is -0.800. The molecule has 1 atom stereocenters. The highest BCUT2D eigenvalue weighted by Crippen LogP contribution is 2.33. The second-order valence-corrected chi connectivity index (χ2v) is 6.15. The molecule has 1 aromatic carbocycles. The Labute approximate surface area is 116 Å². The van der Waals surface area contributed by atoms with Gasteiger partial charge in [0.25, 0.3) is 0 Å². The first-order valence-electron chi connectivity index (χ1n) is 6.66. The van der Waals surface area contributed by atoms with Gasteiger partial charge >= 0.3 is 0 Å². The maximum absolute atomic E-state index is 3.66. The van der Waals surface area contributed by atoms with Gasteiger partial charge in [-0.05, 0) is 44.0 Å². The number of rotatable bonds is 1. The molecule has 0 radical (unpaired) electrons. The number of hydrogen-bond donors (Lipinski definition) is 1. The Morgan fingerprint density at radius 3 is 2.89 bits per heavy atom. The topological polar surface area (TPSA) is 17.0 Å². The van der Waals surface area contributed by atoms with E-state index >= 15 is 0 Å². The molecule has 1 aliphatic heterocycles. The Bertz CT molecular complexity index is 580. The van der Waals surface area contributed by atoms with E-state index < -0.39 is 0 Å². The second kappa shape index (κ2) is 4.71. The van der Waals surface area contributed by atoms with E-state index in [1.54, 1.807) is 0 Å². The molecular formula is C15H19BrN2. The Morgan fingerprint density at radius 1 is 1.33 bits per heavy atom. The van der Waals surface area contributed by atoms with Crippen LogP contribution in [-0.2, 0) is 7.05 Å². The number of fused-ring (bicyclic) bond motifs is 1. The molecule has 1 fully saturated rings. The lowest BCUT2D eigenvalue weighted by atomic mass is 9.99. The molecule has 0 amide bonds. The van der Waals surface area contributed by atoms with Gasteiger partial charge in [0.15, 0.2) is 0 Å². The third-order valence-corrected chi connectivity index (χ3v) is 4.60. The first-order chi connectivity index (χ1) is 8.68. The number of aryl methyl sites for hydroxylation is 2. The van der Waals surface area contributed by atoms with Gasteiger partial charge in [0.05, 0.1) is 0 Å². The highest BCUT2D eigenvalue weighted by atomic mass is 79.9. The molecular weight excluding hydrogens is 288 g/mol. The van der Waals surface area contributed by atoms with Crippen molar-refractivity contribution in [1.29, 1.82) is 0 Å². The molecule has 0 bridgehead atoms. The molecule has 3 heteroatoms. The zero-order chi connectivity index (χ0) is 12.7. The molecule has 3 rings (SSSR count). The Kier molecular flexibility index (Phi) is 3.20. The number of aromatic nitrogens is 1. The molecule has 96 valence electrons. The van der Waals surface area contributed by atoms with Crippen LogP contribution in [-0.4, -0.2) is 11.1 Å². The van der Waals surface area contributed by atoms with E-state index in [0.29, 0.717) is 6.04 Å². The lowest BCUT2D eigenvalue weighted by molar-refractivity contribution is 0.398. The van der Waals surface area contributed by atoms with E-state index in [9.17, 15) is 0 Å². The maximum atomic E-state index is 3.66. The highest BCUT2D eigenvalue weighted by molar-refractivity contribution is 9.10. The number of benzene rings is 1. The van der Waals surface area contributed by atoms with Crippen LogP contribution >= 0.6 is 15.9 Å². The van der Waals surface area contributed by atoms with Crippen LogP contribution in [0.1, 0.15) is 36.6 Å². The molecule has 0 saturated carbocycles. The normalized spacial score (nSPS) is 20.5. The molecule has 2 heterocycles. The third-order valence-electron chi connectivity index (χ3n) is 4.11. The summed E-state index contributed by atoms with van der Waals surface area (Å²) in [6.07, 6.45) is 3.90. The van der Waals surface area contributed by atoms with Gasteiger partial charge in [-0.25, -0.2) is 0 Å². The summed E-state index contributed by atoms with van der Waals surface area (Å²) < 4.78 is 3.51. The molecule has 1 unspecified atom stereocenters. The zero-order valence-electron chi connectivity index (χ0n) is 11.0. The maximum Gasteiger partial charge on any atom is 0.0494 e. The first-order valence-corrected chi connectivity index (χ1v) is 7.45. The van der Waals surface area contributed by atoms with Gasteiger partial charge in [-0.1, -0.05) is 28.4 Å². The van der Waals surface area contributed by atoms with Crippen molar-refractivity contribution < 1.29 is 0 Å². The second-order valence-electron chi connectivity index (χ2n) is 5.23. The average molecular weight is 307 g/mol. The summed E-state index contributed by atoms with van der Waals surface area (Å²) >= 11 is 3.57. The van der Waals surface area contributed by atoms with Crippen molar-refractivity contribution >= 4 is 26.8 Å². The van der Waals surface area contributed by atoms with Crippen LogP contribution in [0.25, 0.3) is 10.9 Å². The van der Waals surface area contributed by atoms with Gasteiger partial charge in [-0.15, -0.1) is 0 Å². The predicted octanol–water partition coefficient (Wildman–Crippen LogP) is 4.06. The Morgan fingerprint density at radius 2 is 2.17 bits per heavy atom. The van der Waals surface area contributed by atoms with Crippen LogP contribution < -0.4 is 5.32 Å². The van der Waals surface area contributed by atoms with Crippen LogP contribution in [0.3, 0.4) is 0 Å². The molecule has 1 aromatic heterocycles. The minimum Gasteiger partial charge on any atom is -0.346 e. The standard InChI is InChI=1S/C15H19BrN2/c1-10-12-7-6-11(16)9-14(12)18(2)15(10)13-5-3-4-8-17-13/h6-7,9,13,17H,3-5,8H2,1-2H3. The van der Waals surface area contributed by atoms with Crippen LogP contribution in [0, 0.1) is 6.92 Å². The summed E-state index contributed by atoms with van der Waals surface area (Å²) in [4.78, 5) is 0. The first kappa shape index (κ1) is 12.2. The van der Waals surface area contributed by atoms with Gasteiger partial charge in [-0.2, -0.15) is 0 Å². The Balaban J connectivity index is 2.16. The van der Waals surface area contributed by atoms with Gasteiger partial charge in [0.2, 0.25) is 0 Å². The van der Waals surface area contributed by atoms with Gasteiger partial charge in [0, 0.05) is 34.2 Å². The zero-order valence-corrected chi connectivity index (χ0v) is 12.5. The molecule has 1 aliphatic rings. The predicted molar refractivity (Wildman–Crippen MR) is 80.0 cm³/mol. The molecule has 0 spiro atoms. The largest absolute Gasteiger partial charge is 0.346 e. The number of piperidine rings is 1. The lowest BCUT2D eigenvalue weighted by Gasteiger charge is -2.25. The van der Waals surface area contributed by atoms with Crippen molar-refractivity contribution in [3.63, 3.8) is 0 Å². The fourth-order valence-electron chi connectivity index (χ4n) is 3.20. The summed E-state index contributed by atoms with van der Waals surface area (Å²) in [6, 6.07) is 7.10. The third kappa shape index (κ3) is 1.90. The highest BCUT2D eigenvalue weighted by Gasteiger charge is 2.22. The van der Waals surface area contributed by atoms with Crippen molar-refractivity contribution in [2.75, 3.05) is 6.54 Å².